The van der Waals surface area contributed by atoms with E-state index < -0.39 is 10.0 Å². The molecule has 1 heterocycles. The van der Waals surface area contributed by atoms with Gasteiger partial charge in [0.1, 0.15) is 4.90 Å². The number of aromatic nitrogens is 1. The van der Waals surface area contributed by atoms with Gasteiger partial charge in [-0.25, -0.2) is 19.2 Å². The molecule has 1 aromatic heterocycles. The number of nitrogens with two attached hydrogens (primary N) is 1. The van der Waals surface area contributed by atoms with Gasteiger partial charge in [0.25, 0.3) is 0 Å². The number of rotatable bonds is 5. The number of hydrogen-bond acceptors (Lipinski definition) is 5. The van der Waals surface area contributed by atoms with Crippen molar-refractivity contribution in [1.82, 2.24) is 9.29 Å². The first-order valence-electron chi connectivity index (χ1n) is 5.64. The van der Waals surface area contributed by atoms with Crippen LogP contribution in [0, 0.1) is 0 Å². The number of anilines is 1. The molecule has 0 aliphatic heterocycles. The van der Waals surface area contributed by atoms with Gasteiger partial charge in [-0.3, -0.25) is 0 Å². The monoisotopic (exact) mass is 334 g/mol. The number of hydrogen-bond donors (Lipinski definition) is 2. The molecule has 1 saturated carbocycles. The van der Waals surface area contributed by atoms with Crippen molar-refractivity contribution < 1.29 is 8.42 Å². The van der Waals surface area contributed by atoms with Crippen LogP contribution in [-0.4, -0.2) is 30.3 Å². The lowest BCUT2D eigenvalue weighted by atomic mass is 10.5. The predicted octanol–water partition coefficient (Wildman–Crippen LogP) is 1.30. The zero-order valence-electron chi connectivity index (χ0n) is 9.93. The summed E-state index contributed by atoms with van der Waals surface area (Å²) in [6.45, 7) is 2.28. The molecule has 3 N–H and O–H groups in total. The van der Waals surface area contributed by atoms with E-state index in [1.54, 1.807) is 0 Å². The van der Waals surface area contributed by atoms with E-state index in [1.807, 2.05) is 6.92 Å². The van der Waals surface area contributed by atoms with Gasteiger partial charge in [-0.2, -0.15) is 4.31 Å². The zero-order chi connectivity index (χ0) is 13.3. The van der Waals surface area contributed by atoms with Crippen LogP contribution in [0.1, 0.15) is 19.8 Å². The minimum atomic E-state index is -3.55. The summed E-state index contributed by atoms with van der Waals surface area (Å²) < 4.78 is 27.2. The predicted molar refractivity (Wildman–Crippen MR) is 72.3 cm³/mol. The quantitative estimate of drug-likeness (QED) is 0.626. The van der Waals surface area contributed by atoms with Gasteiger partial charge in [-0.1, -0.05) is 6.92 Å². The smallest absolute Gasteiger partial charge is 0.247 e. The highest BCUT2D eigenvalue weighted by Crippen LogP contribution is 2.34. The van der Waals surface area contributed by atoms with Crippen LogP contribution in [-0.2, 0) is 10.0 Å². The molecule has 0 atom stereocenters. The summed E-state index contributed by atoms with van der Waals surface area (Å²) in [5.74, 6) is 5.48. The molecule has 0 bridgehead atoms. The van der Waals surface area contributed by atoms with E-state index >= 15 is 0 Å². The van der Waals surface area contributed by atoms with Gasteiger partial charge in [-0.15, -0.1) is 0 Å². The SMILES string of the molecule is CCN(C1CC1)S(=O)(=O)c1cc(Br)cnc1NN. The molecule has 1 aliphatic carbocycles. The Labute approximate surface area is 115 Å². The van der Waals surface area contributed by atoms with Crippen molar-refractivity contribution in [2.75, 3.05) is 12.0 Å². The van der Waals surface area contributed by atoms with E-state index in [0.717, 1.165) is 12.8 Å². The number of halogens is 1. The summed E-state index contributed by atoms with van der Waals surface area (Å²) in [4.78, 5) is 4.08. The summed E-state index contributed by atoms with van der Waals surface area (Å²) in [5, 5.41) is 0. The molecule has 18 heavy (non-hydrogen) atoms. The minimum Gasteiger partial charge on any atom is -0.307 e. The maximum atomic E-state index is 12.5. The molecule has 0 unspecified atom stereocenters. The second-order valence-electron chi connectivity index (χ2n) is 4.08. The lowest BCUT2D eigenvalue weighted by molar-refractivity contribution is 0.421. The molecular formula is C10H15BrN4O2S. The van der Waals surface area contributed by atoms with E-state index in [0.29, 0.717) is 11.0 Å². The number of nitrogens with zero attached hydrogens (tertiary/aromatic N) is 2. The highest BCUT2D eigenvalue weighted by atomic mass is 79.9. The van der Waals surface area contributed by atoms with Gasteiger partial charge in [0.15, 0.2) is 5.82 Å². The normalized spacial score (nSPS) is 16.0. The summed E-state index contributed by atoms with van der Waals surface area (Å²) in [5.41, 5.74) is 2.33. The van der Waals surface area contributed by atoms with Gasteiger partial charge in [0.2, 0.25) is 10.0 Å². The van der Waals surface area contributed by atoms with Crippen molar-refractivity contribution in [3.05, 3.63) is 16.7 Å². The number of hydrazine groups is 1. The molecular weight excluding hydrogens is 320 g/mol. The summed E-state index contributed by atoms with van der Waals surface area (Å²) in [6, 6.07) is 1.63. The summed E-state index contributed by atoms with van der Waals surface area (Å²) in [7, 11) is -3.55. The van der Waals surface area contributed by atoms with Crippen molar-refractivity contribution in [2.24, 2.45) is 5.84 Å². The van der Waals surface area contributed by atoms with Crippen molar-refractivity contribution in [3.63, 3.8) is 0 Å². The van der Waals surface area contributed by atoms with Crippen molar-refractivity contribution in [3.8, 4) is 0 Å². The van der Waals surface area contributed by atoms with E-state index in [2.05, 4.69) is 26.3 Å². The molecule has 1 aliphatic rings. The van der Waals surface area contributed by atoms with Crippen molar-refractivity contribution in [2.45, 2.75) is 30.7 Å². The average molecular weight is 335 g/mol. The number of nitrogen functional groups attached to an aromatic ring is 1. The van der Waals surface area contributed by atoms with Crippen molar-refractivity contribution in [1.29, 1.82) is 0 Å². The van der Waals surface area contributed by atoms with Gasteiger partial charge in [0, 0.05) is 23.3 Å². The molecule has 6 nitrogen and oxygen atoms in total. The maximum absolute atomic E-state index is 12.5. The summed E-state index contributed by atoms with van der Waals surface area (Å²) in [6.07, 6.45) is 3.33. The fourth-order valence-corrected chi connectivity index (χ4v) is 4.15. The van der Waals surface area contributed by atoms with Gasteiger partial charge >= 0.3 is 0 Å². The number of sulfonamides is 1. The topological polar surface area (TPSA) is 88.3 Å². The standard InChI is InChI=1S/C10H15BrN4O2S/c1-2-15(8-3-4-8)18(16,17)9-5-7(11)6-13-10(9)14-12/h5-6,8H,2-4,12H2,1H3,(H,13,14). The molecule has 2 rings (SSSR count). The first kappa shape index (κ1) is 13.7. The van der Waals surface area contributed by atoms with E-state index in [9.17, 15) is 8.42 Å². The van der Waals surface area contributed by atoms with Crippen LogP contribution in [0.3, 0.4) is 0 Å². The first-order valence-corrected chi connectivity index (χ1v) is 7.88. The van der Waals surface area contributed by atoms with Crippen LogP contribution >= 0.6 is 15.9 Å². The Hall–Kier alpha value is -0.700. The van der Waals surface area contributed by atoms with Crippen LogP contribution in [0.4, 0.5) is 5.82 Å². The number of pyridine rings is 1. The lowest BCUT2D eigenvalue weighted by Gasteiger charge is -2.21. The molecule has 8 heteroatoms. The average Bonchev–Trinajstić information content (AvgIpc) is 3.14. The Balaban J connectivity index is 2.48. The molecule has 0 spiro atoms. The fraction of sp³-hybridized carbons (Fsp3) is 0.500. The zero-order valence-corrected chi connectivity index (χ0v) is 12.3. The van der Waals surface area contributed by atoms with Crippen molar-refractivity contribution >= 4 is 31.8 Å². The Morgan fingerprint density at radius 1 is 1.61 bits per heavy atom. The molecule has 0 amide bonds. The molecule has 0 radical (unpaired) electrons. The van der Waals surface area contributed by atoms with E-state index in [4.69, 9.17) is 5.84 Å². The Morgan fingerprint density at radius 2 is 2.28 bits per heavy atom. The molecule has 0 aromatic carbocycles. The maximum Gasteiger partial charge on any atom is 0.247 e. The molecule has 0 saturated heterocycles. The van der Waals surface area contributed by atoms with Crippen LogP contribution in [0.5, 0.6) is 0 Å². The van der Waals surface area contributed by atoms with Crippen LogP contribution in [0.2, 0.25) is 0 Å². The Bertz CT molecular complexity index is 545. The lowest BCUT2D eigenvalue weighted by Crippen LogP contribution is -2.33. The van der Waals surface area contributed by atoms with Crippen LogP contribution in [0.25, 0.3) is 0 Å². The molecule has 1 fully saturated rings. The van der Waals surface area contributed by atoms with Crippen LogP contribution in [0.15, 0.2) is 21.6 Å². The highest BCUT2D eigenvalue weighted by molar-refractivity contribution is 9.10. The largest absolute Gasteiger partial charge is 0.307 e. The third-order valence-corrected chi connectivity index (χ3v) is 5.28. The van der Waals surface area contributed by atoms with Crippen LogP contribution < -0.4 is 11.3 Å². The van der Waals surface area contributed by atoms with E-state index in [1.165, 1.54) is 16.6 Å². The van der Waals surface area contributed by atoms with Gasteiger partial charge in [0.05, 0.1) is 0 Å². The van der Waals surface area contributed by atoms with Gasteiger partial charge in [-0.05, 0) is 34.8 Å². The third-order valence-electron chi connectivity index (χ3n) is 2.81. The third kappa shape index (κ3) is 2.51. The fourth-order valence-electron chi connectivity index (χ4n) is 1.84. The Morgan fingerprint density at radius 3 is 2.78 bits per heavy atom. The Kier molecular flexibility index (Phi) is 3.90. The molecule has 1 aromatic rings. The second-order valence-corrected chi connectivity index (χ2v) is 6.86. The molecule has 100 valence electrons. The number of nitrogens with one attached hydrogen (secondary N) is 1. The highest BCUT2D eigenvalue weighted by Gasteiger charge is 2.38. The van der Waals surface area contributed by atoms with E-state index in [-0.39, 0.29) is 16.8 Å². The van der Waals surface area contributed by atoms with Gasteiger partial charge < -0.3 is 5.43 Å². The summed E-state index contributed by atoms with van der Waals surface area (Å²) >= 11 is 3.23. The minimum absolute atomic E-state index is 0.105. The second kappa shape index (κ2) is 5.12. The first-order chi connectivity index (χ1) is 8.50.